The van der Waals surface area contributed by atoms with Crippen molar-refractivity contribution in [2.45, 2.75) is 51.4 Å². The molecule has 0 spiro atoms. The van der Waals surface area contributed by atoms with Gasteiger partial charge in [0.15, 0.2) is 0 Å². The third-order valence-electron chi connectivity index (χ3n) is 12.7. The second-order valence-corrected chi connectivity index (χ2v) is 16.8. The molecule has 54 heavy (non-hydrogen) atoms. The van der Waals surface area contributed by atoms with Crippen LogP contribution in [0.2, 0.25) is 0 Å². The van der Waals surface area contributed by atoms with Gasteiger partial charge in [-0.05, 0) is 122 Å². The summed E-state index contributed by atoms with van der Waals surface area (Å²) in [5.41, 5.74) is 13.0. The predicted octanol–water partition coefficient (Wildman–Crippen LogP) is 14.2. The van der Waals surface area contributed by atoms with Crippen LogP contribution in [0.3, 0.4) is 0 Å². The summed E-state index contributed by atoms with van der Waals surface area (Å²) in [6.07, 6.45) is 2.35. The van der Waals surface area contributed by atoms with Gasteiger partial charge in [-0.3, -0.25) is 0 Å². The number of fused-ring (bicyclic) bond motifs is 11. The van der Waals surface area contributed by atoms with E-state index < -0.39 is 0 Å². The largest absolute Gasteiger partial charge is 0.309 e. The van der Waals surface area contributed by atoms with Crippen molar-refractivity contribution in [3.63, 3.8) is 0 Å². The lowest BCUT2D eigenvalue weighted by atomic mass is 9.62. The van der Waals surface area contributed by atoms with Gasteiger partial charge in [-0.25, -0.2) is 0 Å². The minimum atomic E-state index is 0.0448. The molecule has 10 aromatic rings. The van der Waals surface area contributed by atoms with E-state index >= 15 is 0 Å². The molecule has 2 heteroatoms. The molecule has 0 atom stereocenters. The predicted molar refractivity (Wildman–Crippen MR) is 231 cm³/mol. The fourth-order valence-corrected chi connectivity index (χ4v) is 9.84. The highest BCUT2D eigenvalue weighted by atomic mass is 15.0. The Balaban J connectivity index is 1.26. The van der Waals surface area contributed by atoms with Crippen molar-refractivity contribution in [1.82, 2.24) is 9.13 Å². The molecular formula is C52H42N2. The van der Waals surface area contributed by atoms with Gasteiger partial charge in [0.25, 0.3) is 0 Å². The smallest absolute Gasteiger partial charge is 0.0562 e. The van der Waals surface area contributed by atoms with E-state index in [2.05, 4.69) is 195 Å². The van der Waals surface area contributed by atoms with Gasteiger partial charge in [-0.1, -0.05) is 131 Å². The molecule has 0 saturated heterocycles. The molecular weight excluding hydrogens is 653 g/mol. The summed E-state index contributed by atoms with van der Waals surface area (Å²) in [5, 5.41) is 10.5. The molecule has 0 fully saturated rings. The highest BCUT2D eigenvalue weighted by molar-refractivity contribution is 6.25. The fourth-order valence-electron chi connectivity index (χ4n) is 9.84. The van der Waals surface area contributed by atoms with Gasteiger partial charge in [0.2, 0.25) is 0 Å². The van der Waals surface area contributed by atoms with Gasteiger partial charge in [-0.15, -0.1) is 0 Å². The number of para-hydroxylation sites is 1. The van der Waals surface area contributed by atoms with Crippen LogP contribution in [0.25, 0.3) is 87.7 Å². The SMILES string of the molecule is CC1(C)CCC(C)(C)c2c1ccc1c2c2cc3c4c5ccccc5ccc4n(-c4ccccc4)c3cc2n1-c1ccc(-c2ccc3ccccc3c2)cc1. The summed E-state index contributed by atoms with van der Waals surface area (Å²) >= 11 is 0. The van der Waals surface area contributed by atoms with Crippen LogP contribution in [0, 0.1) is 0 Å². The lowest BCUT2D eigenvalue weighted by Gasteiger charge is -2.42. The van der Waals surface area contributed by atoms with Crippen LogP contribution < -0.4 is 0 Å². The van der Waals surface area contributed by atoms with Crippen molar-refractivity contribution in [2.24, 2.45) is 0 Å². The molecule has 2 nitrogen and oxygen atoms in total. The van der Waals surface area contributed by atoms with Crippen LogP contribution >= 0.6 is 0 Å². The van der Waals surface area contributed by atoms with Gasteiger partial charge in [0.1, 0.15) is 0 Å². The summed E-state index contributed by atoms with van der Waals surface area (Å²) in [6, 6.07) is 58.9. The third-order valence-corrected chi connectivity index (χ3v) is 12.7. The average Bonchev–Trinajstić information content (AvgIpc) is 3.71. The molecule has 2 heterocycles. The van der Waals surface area contributed by atoms with E-state index in [1.54, 1.807) is 0 Å². The van der Waals surface area contributed by atoms with Crippen molar-refractivity contribution in [1.29, 1.82) is 0 Å². The maximum absolute atomic E-state index is 2.54. The standard InChI is InChI=1S/C52H42N2/c1-51(2)28-29-52(3,4)50-43(51)25-27-45-49(50)42-31-41-46(53(38-15-6-5-7-16-38)44-26-22-35-13-10-11-17-40(35)48(41)44)32-47(42)54(45)39-23-20-34(21-24-39)37-19-18-33-12-8-9-14-36(33)30-37/h5-27,30-32H,28-29H2,1-4H3. The van der Waals surface area contributed by atoms with Gasteiger partial charge < -0.3 is 9.13 Å². The Labute approximate surface area is 315 Å². The van der Waals surface area contributed by atoms with Gasteiger partial charge in [-0.2, -0.15) is 0 Å². The number of hydrogen-bond donors (Lipinski definition) is 0. The first-order valence-electron chi connectivity index (χ1n) is 19.4. The lowest BCUT2D eigenvalue weighted by Crippen LogP contribution is -2.34. The van der Waals surface area contributed by atoms with Crippen molar-refractivity contribution < 1.29 is 0 Å². The number of hydrogen-bond acceptors (Lipinski definition) is 0. The highest BCUT2D eigenvalue weighted by Gasteiger charge is 2.39. The maximum atomic E-state index is 2.54. The van der Waals surface area contributed by atoms with Crippen LogP contribution in [0.4, 0.5) is 0 Å². The van der Waals surface area contributed by atoms with E-state index in [0.29, 0.717) is 0 Å². The lowest BCUT2D eigenvalue weighted by molar-refractivity contribution is 0.334. The molecule has 0 radical (unpaired) electrons. The van der Waals surface area contributed by atoms with Crippen LogP contribution in [0.5, 0.6) is 0 Å². The summed E-state index contributed by atoms with van der Waals surface area (Å²) < 4.78 is 5.02. The maximum Gasteiger partial charge on any atom is 0.0562 e. The molecule has 1 aliphatic rings. The van der Waals surface area contributed by atoms with Crippen LogP contribution in [-0.4, -0.2) is 9.13 Å². The van der Waals surface area contributed by atoms with Crippen molar-refractivity contribution in [3.05, 3.63) is 169 Å². The molecule has 0 saturated carbocycles. The van der Waals surface area contributed by atoms with E-state index in [4.69, 9.17) is 0 Å². The zero-order chi connectivity index (χ0) is 36.3. The van der Waals surface area contributed by atoms with Crippen LogP contribution in [0.1, 0.15) is 51.7 Å². The second-order valence-electron chi connectivity index (χ2n) is 16.8. The third kappa shape index (κ3) is 4.46. The molecule has 0 amide bonds. The molecule has 0 unspecified atom stereocenters. The van der Waals surface area contributed by atoms with Crippen LogP contribution in [-0.2, 0) is 10.8 Å². The average molecular weight is 695 g/mol. The summed E-state index contributed by atoms with van der Waals surface area (Å²) in [5.74, 6) is 0. The first kappa shape index (κ1) is 31.4. The van der Waals surface area contributed by atoms with E-state index in [-0.39, 0.29) is 10.8 Å². The fraction of sp³-hybridized carbons (Fsp3) is 0.154. The first-order chi connectivity index (χ1) is 26.3. The Hall–Kier alpha value is -6.12. The zero-order valence-electron chi connectivity index (χ0n) is 31.3. The summed E-state index contributed by atoms with van der Waals surface area (Å²) in [6.45, 7) is 9.82. The Morgan fingerprint density at radius 3 is 1.74 bits per heavy atom. The summed E-state index contributed by atoms with van der Waals surface area (Å²) in [7, 11) is 0. The normalized spacial score (nSPS) is 15.2. The minimum absolute atomic E-state index is 0.0448. The monoisotopic (exact) mass is 694 g/mol. The number of rotatable bonds is 3. The van der Waals surface area contributed by atoms with Crippen molar-refractivity contribution in [3.8, 4) is 22.5 Å². The molecule has 8 aromatic carbocycles. The second kappa shape index (κ2) is 11.2. The number of nitrogens with zero attached hydrogens (tertiary/aromatic N) is 2. The summed E-state index contributed by atoms with van der Waals surface area (Å²) in [4.78, 5) is 0. The van der Waals surface area contributed by atoms with E-state index in [1.165, 1.54) is 112 Å². The Morgan fingerprint density at radius 1 is 0.389 bits per heavy atom. The highest BCUT2D eigenvalue weighted by Crippen LogP contribution is 2.52. The molecule has 260 valence electrons. The van der Waals surface area contributed by atoms with Crippen molar-refractivity contribution >= 4 is 65.2 Å². The zero-order valence-corrected chi connectivity index (χ0v) is 31.3. The molecule has 11 rings (SSSR count). The first-order valence-corrected chi connectivity index (χ1v) is 19.4. The minimum Gasteiger partial charge on any atom is -0.309 e. The van der Waals surface area contributed by atoms with Gasteiger partial charge >= 0.3 is 0 Å². The topological polar surface area (TPSA) is 9.86 Å². The van der Waals surface area contributed by atoms with E-state index in [1.807, 2.05) is 0 Å². The Morgan fingerprint density at radius 2 is 0.963 bits per heavy atom. The molecule has 1 aliphatic carbocycles. The number of aromatic nitrogens is 2. The molecule has 0 N–H and O–H groups in total. The number of benzene rings is 8. The van der Waals surface area contributed by atoms with Crippen molar-refractivity contribution in [2.75, 3.05) is 0 Å². The van der Waals surface area contributed by atoms with E-state index in [0.717, 1.165) is 0 Å². The van der Waals surface area contributed by atoms with E-state index in [9.17, 15) is 0 Å². The molecule has 0 aliphatic heterocycles. The molecule has 0 bridgehead atoms. The van der Waals surface area contributed by atoms with Crippen LogP contribution in [0.15, 0.2) is 158 Å². The quantitative estimate of drug-likeness (QED) is 0.174. The Kier molecular flexibility index (Phi) is 6.51. The van der Waals surface area contributed by atoms with Gasteiger partial charge in [0, 0.05) is 32.9 Å². The Bertz CT molecular complexity index is 3130. The molecule has 2 aromatic heterocycles. The van der Waals surface area contributed by atoms with Gasteiger partial charge in [0.05, 0.1) is 22.1 Å².